The minimum absolute atomic E-state index is 0.0708. The summed E-state index contributed by atoms with van der Waals surface area (Å²) in [6.07, 6.45) is 2.06. The van der Waals surface area contributed by atoms with Gasteiger partial charge in [-0.25, -0.2) is 0 Å². The molecule has 128 valence electrons. The fourth-order valence-corrected chi connectivity index (χ4v) is 2.61. The molecule has 2 aromatic carbocycles. The minimum Gasteiger partial charge on any atom is -0.492 e. The number of hydrogen-bond donors (Lipinski definition) is 2. The second-order valence-electron chi connectivity index (χ2n) is 6.03. The molecule has 2 N–H and O–H groups in total. The van der Waals surface area contributed by atoms with Crippen molar-refractivity contribution in [1.82, 2.24) is 5.32 Å². The molecule has 1 atom stereocenters. The van der Waals surface area contributed by atoms with E-state index in [1.165, 1.54) is 0 Å². The van der Waals surface area contributed by atoms with Crippen LogP contribution in [0.15, 0.2) is 48.5 Å². The summed E-state index contributed by atoms with van der Waals surface area (Å²) in [5.74, 6) is 0.556. The van der Waals surface area contributed by atoms with Crippen LogP contribution in [-0.4, -0.2) is 18.6 Å². The van der Waals surface area contributed by atoms with Crippen LogP contribution < -0.4 is 15.4 Å². The van der Waals surface area contributed by atoms with Crippen LogP contribution in [0.25, 0.3) is 0 Å². The van der Waals surface area contributed by atoms with Crippen LogP contribution in [0.2, 0.25) is 0 Å². The van der Waals surface area contributed by atoms with E-state index >= 15 is 0 Å². The summed E-state index contributed by atoms with van der Waals surface area (Å²) in [6.45, 7) is 2.40. The Morgan fingerprint density at radius 1 is 1.28 bits per heavy atom. The number of nitriles is 1. The smallest absolute Gasteiger partial charge is 0.247 e. The summed E-state index contributed by atoms with van der Waals surface area (Å²) in [5.41, 5.74) is 2.02. The molecule has 5 nitrogen and oxygen atoms in total. The Bertz CT molecular complexity index is 779. The van der Waals surface area contributed by atoms with Crippen molar-refractivity contribution < 1.29 is 9.53 Å². The van der Waals surface area contributed by atoms with Gasteiger partial charge in [0.05, 0.1) is 23.9 Å². The third kappa shape index (κ3) is 4.30. The van der Waals surface area contributed by atoms with E-state index in [4.69, 9.17) is 4.74 Å². The number of hydrogen-bond acceptors (Lipinski definition) is 4. The lowest BCUT2D eigenvalue weighted by Gasteiger charge is -2.22. The Morgan fingerprint density at radius 3 is 2.68 bits per heavy atom. The highest BCUT2D eigenvalue weighted by Gasteiger charge is 2.29. The normalized spacial score (nSPS) is 14.2. The second-order valence-corrected chi connectivity index (χ2v) is 6.03. The highest BCUT2D eigenvalue weighted by Crippen LogP contribution is 2.30. The molecule has 0 saturated heterocycles. The van der Waals surface area contributed by atoms with Gasteiger partial charge in [-0.2, -0.15) is 5.26 Å². The molecule has 0 bridgehead atoms. The molecule has 1 fully saturated rings. The van der Waals surface area contributed by atoms with Crippen molar-refractivity contribution in [3.63, 3.8) is 0 Å². The molecular weight excluding hydrogens is 314 g/mol. The third-order valence-electron chi connectivity index (χ3n) is 4.03. The van der Waals surface area contributed by atoms with Crippen LogP contribution in [0, 0.1) is 11.3 Å². The summed E-state index contributed by atoms with van der Waals surface area (Å²) in [6, 6.07) is 16.6. The molecule has 0 aromatic heterocycles. The van der Waals surface area contributed by atoms with Crippen LogP contribution >= 0.6 is 0 Å². The molecule has 3 rings (SSSR count). The largest absolute Gasteiger partial charge is 0.492 e. The van der Waals surface area contributed by atoms with Gasteiger partial charge in [0, 0.05) is 6.04 Å². The summed E-state index contributed by atoms with van der Waals surface area (Å²) >= 11 is 0. The first-order valence-corrected chi connectivity index (χ1v) is 8.50. The van der Waals surface area contributed by atoms with Gasteiger partial charge < -0.3 is 15.4 Å². The van der Waals surface area contributed by atoms with E-state index in [2.05, 4.69) is 16.7 Å². The number of anilines is 1. The van der Waals surface area contributed by atoms with Crippen molar-refractivity contribution >= 4 is 11.6 Å². The molecule has 0 radical (unpaired) electrons. The number of nitrogens with zero attached hydrogens (tertiary/aromatic N) is 1. The van der Waals surface area contributed by atoms with Gasteiger partial charge >= 0.3 is 0 Å². The first-order chi connectivity index (χ1) is 12.2. The Balaban J connectivity index is 1.91. The van der Waals surface area contributed by atoms with Crippen molar-refractivity contribution in [2.24, 2.45) is 0 Å². The second kappa shape index (κ2) is 7.71. The zero-order chi connectivity index (χ0) is 17.6. The number of nitrogens with one attached hydrogen (secondary N) is 2. The first kappa shape index (κ1) is 16.8. The van der Waals surface area contributed by atoms with E-state index in [9.17, 15) is 10.1 Å². The average molecular weight is 335 g/mol. The number of ether oxygens (including phenoxy) is 1. The zero-order valence-electron chi connectivity index (χ0n) is 14.2. The molecule has 25 heavy (non-hydrogen) atoms. The van der Waals surface area contributed by atoms with Gasteiger partial charge in [-0.05, 0) is 43.5 Å². The van der Waals surface area contributed by atoms with Crippen LogP contribution in [0.5, 0.6) is 5.75 Å². The third-order valence-corrected chi connectivity index (χ3v) is 4.03. The SMILES string of the molecule is CCOc1ccc(C#N)cc1N[C@@H](C(=O)NC1CC1)c1ccccc1. The molecular formula is C20H21N3O2. The van der Waals surface area contributed by atoms with Crippen molar-refractivity contribution in [3.8, 4) is 11.8 Å². The Hall–Kier alpha value is -3.00. The van der Waals surface area contributed by atoms with Gasteiger partial charge in [0.1, 0.15) is 11.8 Å². The van der Waals surface area contributed by atoms with Crippen molar-refractivity contribution in [2.75, 3.05) is 11.9 Å². The number of carbonyl (C=O) groups is 1. The van der Waals surface area contributed by atoms with Gasteiger partial charge in [-0.3, -0.25) is 4.79 Å². The Morgan fingerprint density at radius 2 is 2.04 bits per heavy atom. The molecule has 5 heteroatoms. The molecule has 1 saturated carbocycles. The van der Waals surface area contributed by atoms with Crippen LogP contribution in [0.3, 0.4) is 0 Å². The van der Waals surface area contributed by atoms with Gasteiger partial charge in [0.25, 0.3) is 0 Å². The summed E-state index contributed by atoms with van der Waals surface area (Å²) in [4.78, 5) is 12.7. The quantitative estimate of drug-likeness (QED) is 0.813. The van der Waals surface area contributed by atoms with E-state index in [1.807, 2.05) is 37.3 Å². The molecule has 0 spiro atoms. The van der Waals surface area contributed by atoms with Crippen LogP contribution in [0.1, 0.15) is 36.9 Å². The lowest BCUT2D eigenvalue weighted by Crippen LogP contribution is -2.35. The van der Waals surface area contributed by atoms with E-state index < -0.39 is 6.04 Å². The molecule has 1 aliphatic carbocycles. The Kier molecular flexibility index (Phi) is 5.20. The van der Waals surface area contributed by atoms with Gasteiger partial charge in [-0.1, -0.05) is 30.3 Å². The number of rotatable bonds is 7. The maximum absolute atomic E-state index is 12.7. The molecule has 0 aliphatic heterocycles. The molecule has 1 aliphatic rings. The first-order valence-electron chi connectivity index (χ1n) is 8.50. The fraction of sp³-hybridized carbons (Fsp3) is 0.300. The van der Waals surface area contributed by atoms with E-state index in [1.54, 1.807) is 18.2 Å². The minimum atomic E-state index is -0.546. The molecule has 0 heterocycles. The van der Waals surface area contributed by atoms with Gasteiger partial charge in [0.2, 0.25) is 5.91 Å². The topological polar surface area (TPSA) is 74.1 Å². The Labute approximate surface area is 147 Å². The van der Waals surface area contributed by atoms with Crippen molar-refractivity contribution in [3.05, 3.63) is 59.7 Å². The predicted octanol–water partition coefficient (Wildman–Crippen LogP) is 3.39. The average Bonchev–Trinajstić information content (AvgIpc) is 3.45. The predicted molar refractivity (Wildman–Crippen MR) is 96.3 cm³/mol. The van der Waals surface area contributed by atoms with Gasteiger partial charge in [-0.15, -0.1) is 0 Å². The zero-order valence-corrected chi connectivity index (χ0v) is 14.2. The summed E-state index contributed by atoms with van der Waals surface area (Å²) in [5, 5.41) is 15.5. The number of benzene rings is 2. The van der Waals surface area contributed by atoms with Gasteiger partial charge in [0.15, 0.2) is 0 Å². The highest BCUT2D eigenvalue weighted by atomic mass is 16.5. The summed E-state index contributed by atoms with van der Waals surface area (Å²) < 4.78 is 5.64. The summed E-state index contributed by atoms with van der Waals surface area (Å²) in [7, 11) is 0. The monoisotopic (exact) mass is 335 g/mol. The van der Waals surface area contributed by atoms with E-state index in [0.29, 0.717) is 23.6 Å². The maximum Gasteiger partial charge on any atom is 0.247 e. The van der Waals surface area contributed by atoms with Crippen LogP contribution in [0.4, 0.5) is 5.69 Å². The number of amides is 1. The fourth-order valence-electron chi connectivity index (χ4n) is 2.61. The number of carbonyl (C=O) groups excluding carboxylic acids is 1. The molecule has 0 unspecified atom stereocenters. The standard InChI is InChI=1S/C20H21N3O2/c1-2-25-18-11-8-14(13-21)12-17(18)23-19(15-6-4-3-5-7-15)20(24)22-16-9-10-16/h3-8,11-12,16,19,23H,2,9-10H2,1H3,(H,22,24)/t19-/m1/s1. The van der Waals surface area contributed by atoms with Crippen molar-refractivity contribution in [2.45, 2.75) is 31.8 Å². The molecule has 1 amide bonds. The van der Waals surface area contributed by atoms with Crippen LogP contribution in [-0.2, 0) is 4.79 Å². The van der Waals surface area contributed by atoms with Crippen molar-refractivity contribution in [1.29, 1.82) is 5.26 Å². The lowest BCUT2D eigenvalue weighted by atomic mass is 10.0. The van der Waals surface area contributed by atoms with E-state index in [-0.39, 0.29) is 11.9 Å². The highest BCUT2D eigenvalue weighted by molar-refractivity contribution is 5.87. The van der Waals surface area contributed by atoms with E-state index in [0.717, 1.165) is 18.4 Å². The lowest BCUT2D eigenvalue weighted by molar-refractivity contribution is -0.122. The maximum atomic E-state index is 12.7. The molecule has 2 aromatic rings.